The van der Waals surface area contributed by atoms with E-state index in [1.807, 2.05) is 6.08 Å². The van der Waals surface area contributed by atoms with Crippen LogP contribution in [0.2, 0.25) is 0 Å². The van der Waals surface area contributed by atoms with Crippen LogP contribution in [0.3, 0.4) is 0 Å². The van der Waals surface area contributed by atoms with Gasteiger partial charge in [0.15, 0.2) is 0 Å². The van der Waals surface area contributed by atoms with Gasteiger partial charge in [-0.2, -0.15) is 0 Å². The fourth-order valence-corrected chi connectivity index (χ4v) is 0.613. The Morgan fingerprint density at radius 1 is 1.40 bits per heavy atom. The van der Waals surface area contributed by atoms with E-state index in [1.165, 1.54) is 6.17 Å². The van der Waals surface area contributed by atoms with Gasteiger partial charge >= 0.3 is 0 Å². The van der Waals surface area contributed by atoms with E-state index >= 15 is 0 Å². The van der Waals surface area contributed by atoms with E-state index < -0.39 is 0 Å². The molecule has 0 amide bonds. The summed E-state index contributed by atoms with van der Waals surface area (Å²) >= 11 is 0. The maximum atomic E-state index is 11.1. The van der Waals surface area contributed by atoms with Crippen molar-refractivity contribution in [3.05, 3.63) is 19.1 Å². The van der Waals surface area contributed by atoms with Gasteiger partial charge in [0.1, 0.15) is 6.17 Å². The summed E-state index contributed by atoms with van der Waals surface area (Å²) in [5.41, 5.74) is 0. The van der Waals surface area contributed by atoms with Crippen LogP contribution in [0.5, 0.6) is 0 Å². The SMILES string of the molecule is [CH2]CCCCC=CC#CF. The minimum atomic E-state index is 0.975. The zero-order valence-corrected chi connectivity index (χ0v) is 6.07. The molecule has 0 nitrogen and oxygen atoms in total. The number of rotatable bonds is 4. The highest BCUT2D eigenvalue weighted by molar-refractivity contribution is 5.11. The van der Waals surface area contributed by atoms with Gasteiger partial charge in [-0.25, -0.2) is 0 Å². The van der Waals surface area contributed by atoms with Gasteiger partial charge in [0.25, 0.3) is 0 Å². The van der Waals surface area contributed by atoms with Crippen LogP contribution in [-0.2, 0) is 0 Å². The molecule has 1 radical (unpaired) electrons. The molecule has 0 saturated carbocycles. The van der Waals surface area contributed by atoms with Crippen LogP contribution in [0.1, 0.15) is 25.7 Å². The van der Waals surface area contributed by atoms with Gasteiger partial charge in [0.2, 0.25) is 0 Å². The second kappa shape index (κ2) is 8.23. The van der Waals surface area contributed by atoms with Gasteiger partial charge in [0.05, 0.1) is 0 Å². The zero-order chi connectivity index (χ0) is 7.66. The van der Waals surface area contributed by atoms with E-state index in [4.69, 9.17) is 0 Å². The third-order valence-corrected chi connectivity index (χ3v) is 1.13. The summed E-state index contributed by atoms with van der Waals surface area (Å²) in [6, 6.07) is 0. The van der Waals surface area contributed by atoms with Crippen molar-refractivity contribution < 1.29 is 4.39 Å². The Morgan fingerprint density at radius 2 is 2.20 bits per heavy atom. The van der Waals surface area contributed by atoms with Crippen LogP contribution in [0, 0.1) is 19.0 Å². The van der Waals surface area contributed by atoms with Crippen molar-refractivity contribution >= 4 is 0 Å². The summed E-state index contributed by atoms with van der Waals surface area (Å²) in [6.07, 6.45) is 8.93. The summed E-state index contributed by atoms with van der Waals surface area (Å²) in [4.78, 5) is 0. The lowest BCUT2D eigenvalue weighted by Crippen LogP contribution is -1.69. The van der Waals surface area contributed by atoms with Gasteiger partial charge < -0.3 is 0 Å². The molecule has 0 aliphatic carbocycles. The zero-order valence-electron chi connectivity index (χ0n) is 6.07. The fourth-order valence-electron chi connectivity index (χ4n) is 0.613. The lowest BCUT2D eigenvalue weighted by Gasteiger charge is -1.88. The lowest BCUT2D eigenvalue weighted by atomic mass is 10.2. The molecule has 0 aliphatic rings. The molecule has 0 unspecified atom stereocenters. The van der Waals surface area contributed by atoms with Crippen molar-refractivity contribution in [3.8, 4) is 12.1 Å². The monoisotopic (exact) mass is 139 g/mol. The molecule has 55 valence electrons. The summed E-state index contributed by atoms with van der Waals surface area (Å²) in [7, 11) is 0. The fraction of sp³-hybridized carbons (Fsp3) is 0.444. The van der Waals surface area contributed by atoms with Crippen LogP contribution in [0.25, 0.3) is 0 Å². The molecule has 0 bridgehead atoms. The standard InChI is InChI=1S/C9H12F/c1-2-3-4-5-6-7-8-9-10/h6-7H,1-5H2. The quantitative estimate of drug-likeness (QED) is 0.415. The first-order valence-electron chi connectivity index (χ1n) is 3.47. The summed E-state index contributed by atoms with van der Waals surface area (Å²) in [5.74, 6) is 2.21. The summed E-state index contributed by atoms with van der Waals surface area (Å²) in [5, 5.41) is 0. The normalized spacial score (nSPS) is 9.40. The van der Waals surface area contributed by atoms with Gasteiger partial charge in [-0.3, -0.25) is 0 Å². The van der Waals surface area contributed by atoms with Gasteiger partial charge in [0, 0.05) is 0 Å². The first kappa shape index (κ1) is 9.23. The van der Waals surface area contributed by atoms with Crippen LogP contribution in [-0.4, -0.2) is 0 Å². The lowest BCUT2D eigenvalue weighted by molar-refractivity contribution is 0.760. The van der Waals surface area contributed by atoms with E-state index in [2.05, 4.69) is 12.8 Å². The van der Waals surface area contributed by atoms with Gasteiger partial charge in [-0.1, -0.05) is 25.8 Å². The number of hydrogen-bond donors (Lipinski definition) is 0. The summed E-state index contributed by atoms with van der Waals surface area (Å²) in [6.45, 7) is 3.71. The first-order chi connectivity index (χ1) is 4.91. The molecule has 0 saturated heterocycles. The molecular weight excluding hydrogens is 127 g/mol. The predicted molar refractivity (Wildman–Crippen MR) is 41.8 cm³/mol. The number of halogens is 1. The highest BCUT2D eigenvalue weighted by atomic mass is 19.1. The maximum absolute atomic E-state index is 11.1. The van der Waals surface area contributed by atoms with Crippen LogP contribution in [0.4, 0.5) is 4.39 Å². The van der Waals surface area contributed by atoms with Crippen molar-refractivity contribution in [1.29, 1.82) is 0 Å². The minimum absolute atomic E-state index is 0.975. The average Bonchev–Trinajstić information content (AvgIpc) is 1.97. The van der Waals surface area contributed by atoms with Crippen molar-refractivity contribution in [2.75, 3.05) is 0 Å². The Morgan fingerprint density at radius 3 is 2.80 bits per heavy atom. The van der Waals surface area contributed by atoms with E-state index in [0.717, 1.165) is 25.7 Å². The number of hydrogen-bond acceptors (Lipinski definition) is 0. The Hall–Kier alpha value is -0.770. The van der Waals surface area contributed by atoms with E-state index in [1.54, 1.807) is 6.08 Å². The molecule has 0 fully saturated rings. The van der Waals surface area contributed by atoms with Crippen LogP contribution < -0.4 is 0 Å². The second-order valence-electron chi connectivity index (χ2n) is 1.99. The smallest absolute Gasteiger partial charge is 0.110 e. The molecule has 0 aromatic heterocycles. The molecule has 0 rings (SSSR count). The largest absolute Gasteiger partial charge is 0.144 e. The molecular formula is C9H12F. The molecule has 1 heteroatoms. The van der Waals surface area contributed by atoms with Crippen molar-refractivity contribution in [1.82, 2.24) is 0 Å². The molecule has 0 heterocycles. The Labute approximate surface area is 62.1 Å². The van der Waals surface area contributed by atoms with E-state index in [9.17, 15) is 4.39 Å². The molecule has 0 spiro atoms. The third-order valence-electron chi connectivity index (χ3n) is 1.13. The molecule has 0 atom stereocenters. The molecule has 0 aromatic rings. The second-order valence-corrected chi connectivity index (χ2v) is 1.99. The van der Waals surface area contributed by atoms with E-state index in [-0.39, 0.29) is 0 Å². The first-order valence-corrected chi connectivity index (χ1v) is 3.47. The third kappa shape index (κ3) is 7.23. The highest BCUT2D eigenvalue weighted by Gasteiger charge is 1.79. The molecule has 0 N–H and O–H groups in total. The molecule has 0 aliphatic heterocycles. The van der Waals surface area contributed by atoms with Gasteiger partial charge in [-0.15, -0.1) is 4.39 Å². The minimum Gasteiger partial charge on any atom is -0.144 e. The number of unbranched alkanes of at least 4 members (excludes halogenated alkanes) is 3. The Balaban J connectivity index is 3.08. The number of allylic oxidation sites excluding steroid dienone is 2. The van der Waals surface area contributed by atoms with Crippen LogP contribution in [0.15, 0.2) is 12.2 Å². The van der Waals surface area contributed by atoms with Crippen molar-refractivity contribution in [3.63, 3.8) is 0 Å². The van der Waals surface area contributed by atoms with Crippen molar-refractivity contribution in [2.45, 2.75) is 25.7 Å². The highest BCUT2D eigenvalue weighted by Crippen LogP contribution is 1.98. The maximum Gasteiger partial charge on any atom is 0.110 e. The molecule has 0 aromatic carbocycles. The van der Waals surface area contributed by atoms with Crippen LogP contribution >= 0.6 is 0 Å². The van der Waals surface area contributed by atoms with E-state index in [0.29, 0.717) is 0 Å². The summed E-state index contributed by atoms with van der Waals surface area (Å²) < 4.78 is 11.1. The van der Waals surface area contributed by atoms with Gasteiger partial charge in [-0.05, 0) is 24.8 Å². The topological polar surface area (TPSA) is 0 Å². The average molecular weight is 139 g/mol. The molecule has 10 heavy (non-hydrogen) atoms. The Kier molecular flexibility index (Phi) is 7.60. The predicted octanol–water partition coefficient (Wildman–Crippen LogP) is 2.87. The van der Waals surface area contributed by atoms with Crippen molar-refractivity contribution in [2.24, 2.45) is 0 Å². The Bertz CT molecular complexity index is 137.